The van der Waals surface area contributed by atoms with Crippen LogP contribution in [0.5, 0.6) is 0 Å². The van der Waals surface area contributed by atoms with Crippen LogP contribution < -0.4 is 0 Å². The topological polar surface area (TPSA) is 82.3 Å². The largest absolute Gasteiger partial charge is 0.465 e. The van der Waals surface area contributed by atoms with Crippen molar-refractivity contribution < 1.29 is 23.2 Å². The maximum Gasteiger partial charge on any atom is 0.378 e. The molecular formula is C8H5F2IN2O4. The Morgan fingerprint density at radius 2 is 2.24 bits per heavy atom. The molecule has 0 spiro atoms. The van der Waals surface area contributed by atoms with Gasteiger partial charge in [0.15, 0.2) is 0 Å². The van der Waals surface area contributed by atoms with Gasteiger partial charge in [-0.25, -0.2) is 13.6 Å². The van der Waals surface area contributed by atoms with Crippen LogP contribution in [0.4, 0.5) is 14.6 Å². The molecule has 0 aromatic carbocycles. The van der Waals surface area contributed by atoms with E-state index in [9.17, 15) is 23.7 Å². The van der Waals surface area contributed by atoms with E-state index in [-0.39, 0.29) is 9.13 Å². The molecule has 0 bridgehead atoms. The van der Waals surface area contributed by atoms with Gasteiger partial charge in [-0.3, -0.25) is 0 Å². The number of alkyl halides is 2. The van der Waals surface area contributed by atoms with Crippen molar-refractivity contribution >= 4 is 34.4 Å². The second-order valence-corrected chi connectivity index (χ2v) is 3.86. The van der Waals surface area contributed by atoms with Crippen LogP contribution in [-0.4, -0.2) is 23.0 Å². The molecule has 0 radical (unpaired) electrons. The Kier molecular flexibility index (Phi) is 4.26. The van der Waals surface area contributed by atoms with Gasteiger partial charge in [-0.2, -0.15) is 0 Å². The van der Waals surface area contributed by atoms with Gasteiger partial charge in [-0.15, -0.1) is 0 Å². The number of carbonyl (C=O) groups excluding carboxylic acids is 1. The molecule has 0 saturated heterocycles. The van der Waals surface area contributed by atoms with E-state index in [2.05, 4.69) is 9.72 Å². The van der Waals surface area contributed by atoms with Crippen molar-refractivity contribution in [3.63, 3.8) is 0 Å². The molecule has 0 aliphatic carbocycles. The monoisotopic (exact) mass is 358 g/mol. The molecule has 0 aliphatic heterocycles. The van der Waals surface area contributed by atoms with Crippen molar-refractivity contribution in [2.45, 2.75) is 6.43 Å². The van der Waals surface area contributed by atoms with Gasteiger partial charge < -0.3 is 14.9 Å². The van der Waals surface area contributed by atoms with Crippen LogP contribution in [0.3, 0.4) is 0 Å². The normalized spacial score (nSPS) is 10.4. The van der Waals surface area contributed by atoms with Crippen molar-refractivity contribution in [2.24, 2.45) is 0 Å². The minimum absolute atomic E-state index is 0.135. The lowest BCUT2D eigenvalue weighted by molar-refractivity contribution is -0.390. The Balaban J connectivity index is 3.48. The van der Waals surface area contributed by atoms with Crippen molar-refractivity contribution in [3.05, 3.63) is 31.0 Å². The summed E-state index contributed by atoms with van der Waals surface area (Å²) >= 11 is 1.48. The van der Waals surface area contributed by atoms with Crippen LogP contribution in [0, 0.1) is 13.7 Å². The number of carbonyl (C=O) groups is 1. The standard InChI is InChI=1S/C8H5F2IN2O4/c1-17-8(14)3-2-4(6(9)10)12-7(5(3)11)13(15)16/h2,6H,1H3. The van der Waals surface area contributed by atoms with Gasteiger partial charge in [0.2, 0.25) is 5.69 Å². The summed E-state index contributed by atoms with van der Waals surface area (Å²) in [5, 5.41) is 10.6. The van der Waals surface area contributed by atoms with Crippen LogP contribution in [0.25, 0.3) is 0 Å². The van der Waals surface area contributed by atoms with Gasteiger partial charge in [0.1, 0.15) is 3.57 Å². The molecule has 1 aromatic heterocycles. The molecule has 0 fully saturated rings. The Hall–Kier alpha value is -1.39. The second-order valence-electron chi connectivity index (χ2n) is 2.78. The molecule has 17 heavy (non-hydrogen) atoms. The first-order valence-electron chi connectivity index (χ1n) is 4.09. The van der Waals surface area contributed by atoms with E-state index >= 15 is 0 Å². The van der Waals surface area contributed by atoms with Crippen LogP contribution in [0.2, 0.25) is 0 Å². The average Bonchev–Trinajstić information content (AvgIpc) is 2.27. The first-order chi connectivity index (χ1) is 7.88. The van der Waals surface area contributed by atoms with E-state index in [4.69, 9.17) is 0 Å². The van der Waals surface area contributed by atoms with Gasteiger partial charge >= 0.3 is 18.2 Å². The SMILES string of the molecule is COC(=O)c1cc(C(F)F)nc([N+](=O)[O-])c1I. The maximum atomic E-state index is 12.4. The number of aromatic nitrogens is 1. The highest BCUT2D eigenvalue weighted by atomic mass is 127. The molecule has 9 heteroatoms. The van der Waals surface area contributed by atoms with E-state index in [1.165, 1.54) is 22.6 Å². The number of esters is 1. The molecular weight excluding hydrogens is 353 g/mol. The predicted molar refractivity (Wildman–Crippen MR) is 59.9 cm³/mol. The van der Waals surface area contributed by atoms with Crippen molar-refractivity contribution in [3.8, 4) is 0 Å². The van der Waals surface area contributed by atoms with Gasteiger partial charge in [-0.05, 0) is 32.5 Å². The zero-order chi connectivity index (χ0) is 13.2. The smallest absolute Gasteiger partial charge is 0.378 e. The zero-order valence-corrected chi connectivity index (χ0v) is 10.5. The highest BCUT2D eigenvalue weighted by Crippen LogP contribution is 2.27. The first kappa shape index (κ1) is 13.7. The third kappa shape index (κ3) is 2.84. The Morgan fingerprint density at radius 1 is 1.65 bits per heavy atom. The number of nitro groups is 1. The summed E-state index contributed by atoms with van der Waals surface area (Å²) in [6.07, 6.45) is -3.01. The maximum absolute atomic E-state index is 12.4. The van der Waals surface area contributed by atoms with E-state index in [1.807, 2.05) is 0 Å². The lowest BCUT2D eigenvalue weighted by atomic mass is 10.2. The molecule has 0 saturated carbocycles. The summed E-state index contributed by atoms with van der Waals surface area (Å²) in [5.74, 6) is -1.72. The van der Waals surface area contributed by atoms with Crippen molar-refractivity contribution in [1.29, 1.82) is 0 Å². The molecule has 1 rings (SSSR count). The molecule has 6 nitrogen and oxygen atoms in total. The number of nitrogens with zero attached hydrogens (tertiary/aromatic N) is 2. The van der Waals surface area contributed by atoms with E-state index in [1.54, 1.807) is 0 Å². The van der Waals surface area contributed by atoms with Crippen LogP contribution in [0.15, 0.2) is 6.07 Å². The quantitative estimate of drug-likeness (QED) is 0.359. The fraction of sp³-hybridized carbons (Fsp3) is 0.250. The molecule has 1 aromatic rings. The number of pyridine rings is 1. The fourth-order valence-corrected chi connectivity index (χ4v) is 1.72. The van der Waals surface area contributed by atoms with Crippen LogP contribution in [0.1, 0.15) is 22.5 Å². The predicted octanol–water partition coefficient (Wildman–Crippen LogP) is 2.32. The lowest BCUT2D eigenvalue weighted by Gasteiger charge is -2.04. The van der Waals surface area contributed by atoms with Gasteiger partial charge in [0, 0.05) is 6.07 Å². The van der Waals surface area contributed by atoms with Crippen molar-refractivity contribution in [1.82, 2.24) is 4.98 Å². The zero-order valence-electron chi connectivity index (χ0n) is 8.32. The lowest BCUT2D eigenvalue weighted by Crippen LogP contribution is -2.10. The minimum Gasteiger partial charge on any atom is -0.465 e. The number of halogens is 3. The number of methoxy groups -OCH3 is 1. The summed E-state index contributed by atoms with van der Waals surface area (Å²) < 4.78 is 29.1. The van der Waals surface area contributed by atoms with E-state index in [0.29, 0.717) is 0 Å². The summed E-state index contributed by atoms with van der Waals surface area (Å²) in [5.41, 5.74) is -1.14. The average molecular weight is 358 g/mol. The van der Waals surface area contributed by atoms with Crippen LogP contribution in [-0.2, 0) is 4.74 Å². The molecule has 92 valence electrons. The third-order valence-electron chi connectivity index (χ3n) is 1.76. The number of hydrogen-bond donors (Lipinski definition) is 0. The molecule has 0 aliphatic rings. The van der Waals surface area contributed by atoms with Gasteiger partial charge in [-0.1, -0.05) is 0 Å². The molecule has 1 heterocycles. The summed E-state index contributed by atoms with van der Waals surface area (Å²) in [7, 11) is 1.05. The second kappa shape index (κ2) is 5.29. The first-order valence-corrected chi connectivity index (χ1v) is 5.17. The molecule has 0 amide bonds. The third-order valence-corrected chi connectivity index (χ3v) is 2.83. The van der Waals surface area contributed by atoms with Crippen LogP contribution >= 0.6 is 22.6 Å². The number of ether oxygens (including phenoxy) is 1. The summed E-state index contributed by atoms with van der Waals surface area (Å²) in [6, 6.07) is 0.783. The minimum atomic E-state index is -3.01. The number of hydrogen-bond acceptors (Lipinski definition) is 5. The van der Waals surface area contributed by atoms with E-state index < -0.39 is 28.8 Å². The highest BCUT2D eigenvalue weighted by molar-refractivity contribution is 14.1. The Bertz CT molecular complexity index is 481. The van der Waals surface area contributed by atoms with Crippen molar-refractivity contribution in [2.75, 3.05) is 7.11 Å². The summed E-state index contributed by atoms with van der Waals surface area (Å²) in [4.78, 5) is 24.1. The number of rotatable bonds is 3. The highest BCUT2D eigenvalue weighted by Gasteiger charge is 2.28. The Labute approximate surface area is 107 Å². The van der Waals surface area contributed by atoms with Gasteiger partial charge in [0.05, 0.1) is 12.7 Å². The Morgan fingerprint density at radius 3 is 2.65 bits per heavy atom. The molecule has 0 N–H and O–H groups in total. The summed E-state index contributed by atoms with van der Waals surface area (Å²) in [6.45, 7) is 0. The van der Waals surface area contributed by atoms with Gasteiger partial charge in [0.25, 0.3) is 0 Å². The fourth-order valence-electron chi connectivity index (χ4n) is 1.03. The molecule has 0 atom stereocenters. The molecule has 0 unspecified atom stereocenters. The van der Waals surface area contributed by atoms with E-state index in [0.717, 1.165) is 13.2 Å².